The standard InChI is InChI=1S/C24H32N2O5/c1-4-5-13-30-17-11-9-16(10-12-17)14-24(2,3)25-15-20(27)18-7-6-8-19-21(18)31-23(29)22(28)26-19/h6-12,20,23,25,27,29H,4-5,13-15H2,1-3H3,(H,26,28)/t20?,23-/m0/s1. The molecule has 0 fully saturated rings. The molecule has 2 aromatic carbocycles. The molecular formula is C24H32N2O5. The average Bonchev–Trinajstić information content (AvgIpc) is 2.74. The first kappa shape index (κ1) is 23.1. The molecule has 4 N–H and O–H groups in total. The van der Waals surface area contributed by atoms with Crippen molar-refractivity contribution in [3.63, 3.8) is 0 Å². The van der Waals surface area contributed by atoms with Crippen LogP contribution in [0.4, 0.5) is 5.69 Å². The van der Waals surface area contributed by atoms with E-state index < -0.39 is 18.3 Å². The number of nitrogens with one attached hydrogen (secondary N) is 2. The van der Waals surface area contributed by atoms with Gasteiger partial charge in [0.25, 0.3) is 12.2 Å². The molecule has 1 aliphatic heterocycles. The van der Waals surface area contributed by atoms with Crippen molar-refractivity contribution >= 4 is 11.6 Å². The summed E-state index contributed by atoms with van der Waals surface area (Å²) in [5, 5.41) is 26.4. The van der Waals surface area contributed by atoms with Crippen LogP contribution in [0.3, 0.4) is 0 Å². The smallest absolute Gasteiger partial charge is 0.293 e. The number of fused-ring (bicyclic) bond motifs is 1. The molecular weight excluding hydrogens is 396 g/mol. The van der Waals surface area contributed by atoms with Crippen LogP contribution in [0.25, 0.3) is 0 Å². The highest BCUT2D eigenvalue weighted by Gasteiger charge is 2.29. The molecule has 3 rings (SSSR count). The summed E-state index contributed by atoms with van der Waals surface area (Å²) in [7, 11) is 0. The number of carbonyl (C=O) groups excluding carboxylic acids is 1. The highest BCUT2D eigenvalue weighted by molar-refractivity contribution is 5.97. The Labute approximate surface area is 183 Å². The first-order chi connectivity index (χ1) is 14.8. The lowest BCUT2D eigenvalue weighted by Crippen LogP contribution is -2.43. The van der Waals surface area contributed by atoms with Crippen molar-refractivity contribution in [2.45, 2.75) is 58.0 Å². The number of amides is 1. The molecule has 0 saturated heterocycles. The monoisotopic (exact) mass is 428 g/mol. The minimum Gasteiger partial charge on any atom is -0.494 e. The van der Waals surface area contributed by atoms with Crippen LogP contribution < -0.4 is 20.1 Å². The molecule has 7 heteroatoms. The number of anilines is 1. The zero-order valence-electron chi connectivity index (χ0n) is 18.4. The van der Waals surface area contributed by atoms with Crippen molar-refractivity contribution in [1.82, 2.24) is 5.32 Å². The highest BCUT2D eigenvalue weighted by atomic mass is 16.6. The molecule has 168 valence electrons. The van der Waals surface area contributed by atoms with E-state index in [0.29, 0.717) is 17.0 Å². The Balaban J connectivity index is 1.58. The first-order valence-corrected chi connectivity index (χ1v) is 10.7. The predicted octanol–water partition coefficient (Wildman–Crippen LogP) is 3.16. The third-order valence-corrected chi connectivity index (χ3v) is 5.23. The summed E-state index contributed by atoms with van der Waals surface area (Å²) in [5.41, 5.74) is 1.84. The minimum absolute atomic E-state index is 0.269. The van der Waals surface area contributed by atoms with Crippen LogP contribution in [0.2, 0.25) is 0 Å². The van der Waals surface area contributed by atoms with E-state index >= 15 is 0 Å². The molecule has 0 aromatic heterocycles. The van der Waals surface area contributed by atoms with E-state index in [2.05, 4.69) is 43.5 Å². The molecule has 2 atom stereocenters. The number of para-hydroxylation sites is 1. The average molecular weight is 429 g/mol. The number of hydrogen-bond acceptors (Lipinski definition) is 6. The Bertz CT molecular complexity index is 882. The number of rotatable bonds is 10. The summed E-state index contributed by atoms with van der Waals surface area (Å²) in [6, 6.07) is 13.2. The zero-order valence-corrected chi connectivity index (χ0v) is 18.4. The van der Waals surface area contributed by atoms with Gasteiger partial charge in [-0.15, -0.1) is 0 Å². The van der Waals surface area contributed by atoms with E-state index in [-0.39, 0.29) is 12.1 Å². The Kier molecular flexibility index (Phi) is 7.54. The summed E-state index contributed by atoms with van der Waals surface area (Å²) in [6.45, 7) is 7.31. The van der Waals surface area contributed by atoms with Crippen molar-refractivity contribution in [2.75, 3.05) is 18.5 Å². The molecule has 1 heterocycles. The summed E-state index contributed by atoms with van der Waals surface area (Å²) in [5.74, 6) is 0.544. The van der Waals surface area contributed by atoms with Gasteiger partial charge in [-0.3, -0.25) is 4.79 Å². The SMILES string of the molecule is CCCCOc1ccc(CC(C)(C)NCC(O)c2cccc3c2O[C@H](O)C(=O)N3)cc1. The number of β-amino-alcohol motifs (C(OH)–C–C–N with tert-alkyl or cyclic N) is 1. The molecule has 7 nitrogen and oxygen atoms in total. The van der Waals surface area contributed by atoms with E-state index in [9.17, 15) is 15.0 Å². The lowest BCUT2D eigenvalue weighted by Gasteiger charge is -2.30. The lowest BCUT2D eigenvalue weighted by atomic mass is 9.94. The number of ether oxygens (including phenoxy) is 2. The fourth-order valence-electron chi connectivity index (χ4n) is 3.50. The fraction of sp³-hybridized carbons (Fsp3) is 0.458. The van der Waals surface area contributed by atoms with Crippen LogP contribution in [-0.4, -0.2) is 41.1 Å². The van der Waals surface area contributed by atoms with Crippen LogP contribution in [-0.2, 0) is 11.2 Å². The van der Waals surface area contributed by atoms with Gasteiger partial charge in [0.15, 0.2) is 5.75 Å². The third kappa shape index (κ3) is 6.19. The number of unbranched alkanes of at least 4 members (excludes halogenated alkanes) is 1. The topological polar surface area (TPSA) is 100 Å². The van der Waals surface area contributed by atoms with Crippen molar-refractivity contribution < 1.29 is 24.5 Å². The largest absolute Gasteiger partial charge is 0.494 e. The molecule has 0 radical (unpaired) electrons. The van der Waals surface area contributed by atoms with Gasteiger partial charge in [-0.25, -0.2) is 0 Å². The summed E-state index contributed by atoms with van der Waals surface area (Å²) >= 11 is 0. The molecule has 0 saturated carbocycles. The number of aliphatic hydroxyl groups excluding tert-OH is 2. The number of carbonyl (C=O) groups is 1. The Morgan fingerprint density at radius 3 is 2.68 bits per heavy atom. The summed E-state index contributed by atoms with van der Waals surface area (Å²) in [4.78, 5) is 11.6. The van der Waals surface area contributed by atoms with Crippen molar-refractivity contribution in [3.8, 4) is 11.5 Å². The second-order valence-corrected chi connectivity index (χ2v) is 8.49. The van der Waals surface area contributed by atoms with Gasteiger partial charge in [-0.05, 0) is 50.5 Å². The molecule has 1 unspecified atom stereocenters. The van der Waals surface area contributed by atoms with Crippen LogP contribution in [0, 0.1) is 0 Å². The van der Waals surface area contributed by atoms with Crippen LogP contribution in [0.5, 0.6) is 11.5 Å². The second-order valence-electron chi connectivity index (χ2n) is 8.49. The van der Waals surface area contributed by atoms with Gasteiger partial charge in [0.05, 0.1) is 18.4 Å². The Hall–Kier alpha value is -2.61. The fourth-order valence-corrected chi connectivity index (χ4v) is 3.50. The third-order valence-electron chi connectivity index (χ3n) is 5.23. The number of hydrogen-bond donors (Lipinski definition) is 4. The van der Waals surface area contributed by atoms with Crippen LogP contribution in [0.1, 0.15) is 50.8 Å². The Morgan fingerprint density at radius 2 is 1.97 bits per heavy atom. The molecule has 0 spiro atoms. The quantitative estimate of drug-likeness (QED) is 0.434. The van der Waals surface area contributed by atoms with Crippen molar-refractivity contribution in [2.24, 2.45) is 0 Å². The van der Waals surface area contributed by atoms with Gasteiger partial charge in [0, 0.05) is 17.6 Å². The number of benzene rings is 2. The van der Waals surface area contributed by atoms with Gasteiger partial charge in [0.1, 0.15) is 5.75 Å². The van der Waals surface area contributed by atoms with Crippen molar-refractivity contribution in [1.29, 1.82) is 0 Å². The molecule has 2 aromatic rings. The van der Waals surface area contributed by atoms with Crippen molar-refractivity contribution in [3.05, 3.63) is 53.6 Å². The summed E-state index contributed by atoms with van der Waals surface area (Å²) in [6.07, 6.45) is 0.469. The number of aliphatic hydroxyl groups is 2. The molecule has 1 amide bonds. The van der Waals surface area contributed by atoms with Crippen LogP contribution in [0.15, 0.2) is 42.5 Å². The minimum atomic E-state index is -1.58. The van der Waals surface area contributed by atoms with E-state index in [4.69, 9.17) is 9.47 Å². The van der Waals surface area contributed by atoms with E-state index in [0.717, 1.165) is 31.6 Å². The van der Waals surface area contributed by atoms with Gasteiger partial charge in [-0.2, -0.15) is 0 Å². The van der Waals surface area contributed by atoms with E-state index in [1.807, 2.05) is 12.1 Å². The van der Waals surface area contributed by atoms with Crippen LogP contribution >= 0.6 is 0 Å². The highest BCUT2D eigenvalue weighted by Crippen LogP contribution is 2.36. The van der Waals surface area contributed by atoms with E-state index in [1.165, 1.54) is 5.56 Å². The normalized spacial score (nSPS) is 16.8. The molecule has 31 heavy (non-hydrogen) atoms. The van der Waals surface area contributed by atoms with Gasteiger partial charge >= 0.3 is 0 Å². The Morgan fingerprint density at radius 1 is 1.23 bits per heavy atom. The molecule has 0 bridgehead atoms. The van der Waals surface area contributed by atoms with Gasteiger partial charge in [-0.1, -0.05) is 37.6 Å². The van der Waals surface area contributed by atoms with E-state index in [1.54, 1.807) is 18.2 Å². The maximum Gasteiger partial charge on any atom is 0.293 e. The maximum atomic E-state index is 11.6. The lowest BCUT2D eigenvalue weighted by molar-refractivity contribution is -0.139. The predicted molar refractivity (Wildman–Crippen MR) is 119 cm³/mol. The zero-order chi connectivity index (χ0) is 22.4. The maximum absolute atomic E-state index is 11.6. The van der Waals surface area contributed by atoms with Gasteiger partial charge in [0.2, 0.25) is 0 Å². The molecule has 1 aliphatic rings. The first-order valence-electron chi connectivity index (χ1n) is 10.7. The summed E-state index contributed by atoms with van der Waals surface area (Å²) < 4.78 is 11.0. The second kappa shape index (κ2) is 10.1. The van der Waals surface area contributed by atoms with Gasteiger partial charge < -0.3 is 30.3 Å². The molecule has 0 aliphatic carbocycles.